The van der Waals surface area contributed by atoms with Crippen LogP contribution in [0.5, 0.6) is 5.75 Å². The van der Waals surface area contributed by atoms with E-state index in [-0.39, 0.29) is 10.6 Å². The topological polar surface area (TPSA) is 78.3 Å². The number of carbonyl (C=O) groups is 1. The second-order valence-electron chi connectivity index (χ2n) is 2.44. The average Bonchev–Trinajstić information content (AvgIpc) is 2.24. The number of hydrogen-bond donors (Lipinski definition) is 2. The molecule has 84 valence electrons. The summed E-state index contributed by atoms with van der Waals surface area (Å²) in [6, 6.07) is 2.85. The lowest BCUT2D eigenvalue weighted by atomic mass is 10.1. The Morgan fingerprint density at radius 1 is 1.40 bits per heavy atom. The number of hydrogen-bond acceptors (Lipinski definition) is 3. The number of amides is 1. The van der Waals surface area contributed by atoms with E-state index in [4.69, 9.17) is 27.8 Å². The van der Waals surface area contributed by atoms with E-state index >= 15 is 0 Å². The zero-order chi connectivity index (χ0) is 12.0. The quantitative estimate of drug-likeness (QED) is 0.764. The minimum atomic E-state index is -0.598. The summed E-state index contributed by atoms with van der Waals surface area (Å²) in [5, 5.41) is 0.287. The molecule has 0 atom stereocenters. The van der Waals surface area contributed by atoms with Gasteiger partial charge in [0.05, 0.1) is 23.4 Å². The van der Waals surface area contributed by atoms with Gasteiger partial charge in [0.25, 0.3) is 5.91 Å². The second-order valence-corrected chi connectivity index (χ2v) is 2.85. The standard InChI is InChI=1S/C8H9ClN2O2.C2H6/c1-13-7-3-6(10)5(9)2-4(7)8(11)12;1-2/h2-3H,10H2,1H3,(H2,11,12);1-2H3. The number of carbonyl (C=O) groups excluding carboxylic acids is 1. The van der Waals surface area contributed by atoms with Crippen LogP contribution in [0, 0.1) is 0 Å². The summed E-state index contributed by atoms with van der Waals surface area (Å²) in [5.74, 6) is -0.270. The number of benzene rings is 1. The lowest BCUT2D eigenvalue weighted by Crippen LogP contribution is -2.12. The van der Waals surface area contributed by atoms with E-state index < -0.39 is 5.91 Å². The van der Waals surface area contributed by atoms with E-state index in [1.165, 1.54) is 19.2 Å². The van der Waals surface area contributed by atoms with E-state index in [0.717, 1.165) is 0 Å². The lowest BCUT2D eigenvalue weighted by Gasteiger charge is -2.07. The van der Waals surface area contributed by atoms with Gasteiger partial charge in [0.2, 0.25) is 0 Å². The Balaban J connectivity index is 0.000000921. The number of ether oxygens (including phenoxy) is 1. The Labute approximate surface area is 94.2 Å². The van der Waals surface area contributed by atoms with Gasteiger partial charge in [0, 0.05) is 6.07 Å². The molecule has 0 unspecified atom stereocenters. The Morgan fingerprint density at radius 2 is 1.93 bits per heavy atom. The summed E-state index contributed by atoms with van der Waals surface area (Å²) < 4.78 is 4.90. The summed E-state index contributed by atoms with van der Waals surface area (Å²) in [6.07, 6.45) is 0. The second kappa shape index (κ2) is 6.14. The molecule has 0 aliphatic rings. The van der Waals surface area contributed by atoms with Gasteiger partial charge in [0.1, 0.15) is 5.75 Å². The van der Waals surface area contributed by atoms with Crippen molar-refractivity contribution in [1.29, 1.82) is 0 Å². The summed E-state index contributed by atoms with van der Waals surface area (Å²) in [6.45, 7) is 4.00. The molecule has 1 aromatic carbocycles. The first-order valence-corrected chi connectivity index (χ1v) is 4.87. The third kappa shape index (κ3) is 3.32. The fourth-order valence-electron chi connectivity index (χ4n) is 0.931. The van der Waals surface area contributed by atoms with E-state index in [1.807, 2.05) is 13.8 Å². The maximum absolute atomic E-state index is 10.9. The average molecular weight is 231 g/mol. The van der Waals surface area contributed by atoms with E-state index in [0.29, 0.717) is 11.4 Å². The fourth-order valence-corrected chi connectivity index (χ4v) is 1.09. The third-order valence-corrected chi connectivity index (χ3v) is 1.91. The normalized spacial score (nSPS) is 8.80. The maximum Gasteiger partial charge on any atom is 0.252 e. The molecule has 1 aromatic rings. The smallest absolute Gasteiger partial charge is 0.252 e. The number of rotatable bonds is 2. The van der Waals surface area contributed by atoms with Crippen LogP contribution in [0.3, 0.4) is 0 Å². The van der Waals surface area contributed by atoms with Gasteiger partial charge in [-0.1, -0.05) is 25.4 Å². The molecule has 0 heterocycles. The van der Waals surface area contributed by atoms with Gasteiger partial charge in [-0.25, -0.2) is 0 Å². The van der Waals surface area contributed by atoms with Crippen molar-refractivity contribution < 1.29 is 9.53 Å². The first kappa shape index (κ1) is 13.6. The highest BCUT2D eigenvalue weighted by atomic mass is 35.5. The summed E-state index contributed by atoms with van der Waals surface area (Å²) in [5.41, 5.74) is 11.2. The van der Waals surface area contributed by atoms with Crippen LogP contribution in [0.15, 0.2) is 12.1 Å². The van der Waals surface area contributed by atoms with Crippen molar-refractivity contribution >= 4 is 23.2 Å². The van der Waals surface area contributed by atoms with Crippen molar-refractivity contribution in [3.63, 3.8) is 0 Å². The van der Waals surface area contributed by atoms with E-state index in [1.54, 1.807) is 0 Å². The highest BCUT2D eigenvalue weighted by Gasteiger charge is 2.11. The lowest BCUT2D eigenvalue weighted by molar-refractivity contribution is 0.0997. The first-order valence-electron chi connectivity index (χ1n) is 4.49. The number of nitrogens with two attached hydrogens (primary N) is 2. The summed E-state index contributed by atoms with van der Waals surface area (Å²) in [4.78, 5) is 10.9. The van der Waals surface area contributed by atoms with Gasteiger partial charge < -0.3 is 16.2 Å². The molecule has 1 amide bonds. The molecule has 15 heavy (non-hydrogen) atoms. The molecule has 4 N–H and O–H groups in total. The highest BCUT2D eigenvalue weighted by Crippen LogP contribution is 2.28. The number of anilines is 1. The predicted octanol–water partition coefficient (Wildman–Crippen LogP) is 2.06. The van der Waals surface area contributed by atoms with E-state index in [2.05, 4.69) is 0 Å². The van der Waals surface area contributed by atoms with Crippen molar-refractivity contribution in [2.24, 2.45) is 5.73 Å². The maximum atomic E-state index is 10.9. The molecule has 0 aromatic heterocycles. The highest BCUT2D eigenvalue weighted by molar-refractivity contribution is 6.33. The van der Waals surface area contributed by atoms with E-state index in [9.17, 15) is 4.79 Å². The molecular formula is C10H15ClN2O2. The molecule has 0 aliphatic heterocycles. The van der Waals surface area contributed by atoms with Crippen LogP contribution in [-0.2, 0) is 0 Å². The Kier molecular flexibility index (Phi) is 5.56. The number of primary amides is 1. The molecule has 0 spiro atoms. The molecular weight excluding hydrogens is 216 g/mol. The van der Waals surface area contributed by atoms with Crippen LogP contribution in [0.25, 0.3) is 0 Å². The van der Waals surface area contributed by atoms with Gasteiger partial charge in [-0.3, -0.25) is 4.79 Å². The van der Waals surface area contributed by atoms with Crippen LogP contribution in [-0.4, -0.2) is 13.0 Å². The number of halogens is 1. The molecule has 0 bridgehead atoms. The van der Waals surface area contributed by atoms with Crippen LogP contribution < -0.4 is 16.2 Å². The van der Waals surface area contributed by atoms with Crippen LogP contribution >= 0.6 is 11.6 Å². The van der Waals surface area contributed by atoms with Crippen LogP contribution in [0.2, 0.25) is 5.02 Å². The van der Waals surface area contributed by atoms with Crippen molar-refractivity contribution in [3.8, 4) is 5.75 Å². The largest absolute Gasteiger partial charge is 0.496 e. The predicted molar refractivity (Wildman–Crippen MR) is 62.3 cm³/mol. The summed E-state index contributed by atoms with van der Waals surface area (Å²) in [7, 11) is 1.43. The zero-order valence-corrected chi connectivity index (χ0v) is 9.76. The Hall–Kier alpha value is -1.42. The van der Waals surface area contributed by atoms with Gasteiger partial charge in [-0.2, -0.15) is 0 Å². The van der Waals surface area contributed by atoms with Crippen LogP contribution in [0.4, 0.5) is 5.69 Å². The Bertz CT molecular complexity index is 354. The molecule has 0 radical (unpaired) electrons. The molecule has 0 saturated heterocycles. The zero-order valence-electron chi connectivity index (χ0n) is 9.00. The van der Waals surface area contributed by atoms with Crippen molar-refractivity contribution in [2.75, 3.05) is 12.8 Å². The summed E-state index contributed by atoms with van der Waals surface area (Å²) >= 11 is 5.70. The first-order chi connectivity index (χ1) is 7.06. The molecule has 0 aliphatic carbocycles. The monoisotopic (exact) mass is 230 g/mol. The fraction of sp³-hybridized carbons (Fsp3) is 0.300. The molecule has 0 saturated carbocycles. The molecule has 4 nitrogen and oxygen atoms in total. The molecule has 0 fully saturated rings. The van der Waals surface area contributed by atoms with Gasteiger partial charge in [0.15, 0.2) is 0 Å². The number of methoxy groups -OCH3 is 1. The third-order valence-electron chi connectivity index (χ3n) is 1.58. The number of nitrogen functional groups attached to an aromatic ring is 1. The Morgan fingerprint density at radius 3 is 2.33 bits per heavy atom. The molecule has 5 heteroatoms. The minimum Gasteiger partial charge on any atom is -0.496 e. The van der Waals surface area contributed by atoms with Crippen molar-refractivity contribution in [1.82, 2.24) is 0 Å². The molecule has 1 rings (SSSR count). The minimum absolute atomic E-state index is 0.224. The van der Waals surface area contributed by atoms with Crippen molar-refractivity contribution in [2.45, 2.75) is 13.8 Å². The van der Waals surface area contributed by atoms with Crippen LogP contribution in [0.1, 0.15) is 24.2 Å². The van der Waals surface area contributed by atoms with Gasteiger partial charge in [-0.05, 0) is 6.07 Å². The van der Waals surface area contributed by atoms with Crippen molar-refractivity contribution in [3.05, 3.63) is 22.7 Å². The van der Waals surface area contributed by atoms with Gasteiger partial charge >= 0.3 is 0 Å². The SMILES string of the molecule is CC.COc1cc(N)c(Cl)cc1C(N)=O. The van der Waals surface area contributed by atoms with Gasteiger partial charge in [-0.15, -0.1) is 0 Å².